The van der Waals surface area contributed by atoms with Gasteiger partial charge in [-0.2, -0.15) is 0 Å². The van der Waals surface area contributed by atoms with Crippen molar-refractivity contribution in [3.8, 4) is 5.75 Å². The van der Waals surface area contributed by atoms with Gasteiger partial charge in [0.05, 0.1) is 7.11 Å². The van der Waals surface area contributed by atoms with Crippen molar-refractivity contribution in [1.82, 2.24) is 5.32 Å². The fraction of sp³-hybridized carbons (Fsp3) is 0.333. The number of nitrogens with one attached hydrogen (secondary N) is 2. The van der Waals surface area contributed by atoms with Crippen molar-refractivity contribution in [2.45, 2.75) is 33.2 Å². The lowest BCUT2D eigenvalue weighted by atomic mass is 10.0. The smallest absolute Gasteiger partial charge is 0.240 e. The van der Waals surface area contributed by atoms with Crippen LogP contribution in [0.4, 0.5) is 5.69 Å². The molecule has 0 bridgehead atoms. The Morgan fingerprint density at radius 1 is 1.00 bits per heavy atom. The summed E-state index contributed by atoms with van der Waals surface area (Å²) in [7, 11) is 1.61. The standard InChI is InChI=1S/C21H24N2O3/c1-14-5-4-6-15(2)18(14)23-20(25)21(11-12-21)19(24)22-13-16-7-9-17(26-3)10-8-16/h4-10H,11-13H2,1-3H3,(H,22,24)(H,23,25). The number of rotatable bonds is 6. The Labute approximate surface area is 153 Å². The summed E-state index contributed by atoms with van der Waals surface area (Å²) in [5, 5.41) is 5.85. The Morgan fingerprint density at radius 2 is 1.62 bits per heavy atom. The first-order valence-corrected chi connectivity index (χ1v) is 8.75. The van der Waals surface area contributed by atoms with Gasteiger partial charge in [-0.1, -0.05) is 30.3 Å². The third-order valence-corrected chi connectivity index (χ3v) is 4.95. The van der Waals surface area contributed by atoms with Gasteiger partial charge in [-0.15, -0.1) is 0 Å². The second-order valence-corrected chi connectivity index (χ2v) is 6.83. The zero-order valence-electron chi connectivity index (χ0n) is 15.4. The maximum atomic E-state index is 12.7. The number of benzene rings is 2. The average Bonchev–Trinajstić information content (AvgIpc) is 3.45. The largest absolute Gasteiger partial charge is 0.497 e. The summed E-state index contributed by atoms with van der Waals surface area (Å²) in [5.74, 6) is 0.339. The van der Waals surface area contributed by atoms with Crippen LogP contribution in [0.15, 0.2) is 42.5 Å². The van der Waals surface area contributed by atoms with Gasteiger partial charge >= 0.3 is 0 Å². The molecule has 0 unspecified atom stereocenters. The summed E-state index contributed by atoms with van der Waals surface area (Å²) in [5.41, 5.74) is 2.80. The van der Waals surface area contributed by atoms with E-state index in [2.05, 4.69) is 10.6 Å². The minimum atomic E-state index is -0.943. The molecule has 2 aromatic rings. The van der Waals surface area contributed by atoms with Crippen molar-refractivity contribution in [1.29, 1.82) is 0 Å². The molecule has 0 saturated heterocycles. The normalized spacial score (nSPS) is 14.4. The molecule has 0 heterocycles. The third kappa shape index (κ3) is 3.57. The van der Waals surface area contributed by atoms with Crippen LogP contribution in [-0.2, 0) is 16.1 Å². The van der Waals surface area contributed by atoms with E-state index >= 15 is 0 Å². The molecule has 26 heavy (non-hydrogen) atoms. The molecule has 2 amide bonds. The Balaban J connectivity index is 1.63. The van der Waals surface area contributed by atoms with Crippen molar-refractivity contribution in [2.75, 3.05) is 12.4 Å². The van der Waals surface area contributed by atoms with Crippen LogP contribution in [0.3, 0.4) is 0 Å². The molecule has 136 valence electrons. The zero-order valence-corrected chi connectivity index (χ0v) is 15.4. The molecule has 0 atom stereocenters. The molecule has 2 aromatic carbocycles. The van der Waals surface area contributed by atoms with Crippen LogP contribution in [0.1, 0.15) is 29.5 Å². The van der Waals surface area contributed by atoms with Gasteiger partial charge in [0.25, 0.3) is 0 Å². The van der Waals surface area contributed by atoms with Crippen LogP contribution >= 0.6 is 0 Å². The van der Waals surface area contributed by atoms with Gasteiger partial charge in [-0.05, 0) is 55.5 Å². The number of carbonyl (C=O) groups excluding carboxylic acids is 2. The summed E-state index contributed by atoms with van der Waals surface area (Å²) in [6.07, 6.45) is 1.16. The Hall–Kier alpha value is -2.82. The number of ether oxygens (including phenoxy) is 1. The molecule has 5 heteroatoms. The maximum absolute atomic E-state index is 12.7. The van der Waals surface area contributed by atoms with Gasteiger partial charge in [-0.3, -0.25) is 9.59 Å². The monoisotopic (exact) mass is 352 g/mol. The molecule has 0 spiro atoms. The van der Waals surface area contributed by atoms with Crippen LogP contribution in [0, 0.1) is 19.3 Å². The average molecular weight is 352 g/mol. The molecule has 0 aliphatic heterocycles. The summed E-state index contributed by atoms with van der Waals surface area (Å²) in [4.78, 5) is 25.4. The predicted octanol–water partition coefficient (Wildman–Crippen LogP) is 3.35. The van der Waals surface area contributed by atoms with Crippen LogP contribution in [0.5, 0.6) is 5.75 Å². The van der Waals surface area contributed by atoms with E-state index in [9.17, 15) is 9.59 Å². The lowest BCUT2D eigenvalue weighted by Crippen LogP contribution is -2.39. The first-order valence-electron chi connectivity index (χ1n) is 8.75. The van der Waals surface area contributed by atoms with Gasteiger partial charge in [0.2, 0.25) is 11.8 Å². The zero-order chi connectivity index (χ0) is 18.7. The minimum Gasteiger partial charge on any atom is -0.497 e. The molecule has 2 N–H and O–H groups in total. The second-order valence-electron chi connectivity index (χ2n) is 6.83. The number of aryl methyl sites for hydroxylation is 2. The van der Waals surface area contributed by atoms with Crippen molar-refractivity contribution in [3.63, 3.8) is 0 Å². The van der Waals surface area contributed by atoms with E-state index in [4.69, 9.17) is 4.74 Å². The first kappa shape index (κ1) is 18.0. The number of para-hydroxylation sites is 1. The van der Waals surface area contributed by atoms with Gasteiger partial charge < -0.3 is 15.4 Å². The van der Waals surface area contributed by atoms with Gasteiger partial charge in [0.1, 0.15) is 11.2 Å². The summed E-state index contributed by atoms with van der Waals surface area (Å²) in [6.45, 7) is 4.29. The molecule has 1 aliphatic rings. The Kier molecular flexibility index (Phi) is 4.98. The van der Waals surface area contributed by atoms with E-state index in [-0.39, 0.29) is 11.8 Å². The van der Waals surface area contributed by atoms with Crippen molar-refractivity contribution >= 4 is 17.5 Å². The van der Waals surface area contributed by atoms with E-state index in [0.717, 1.165) is 28.1 Å². The predicted molar refractivity (Wildman–Crippen MR) is 101 cm³/mol. The van der Waals surface area contributed by atoms with Crippen molar-refractivity contribution in [3.05, 3.63) is 59.2 Å². The maximum Gasteiger partial charge on any atom is 0.240 e. The molecule has 1 aliphatic carbocycles. The number of hydrogen-bond donors (Lipinski definition) is 2. The Morgan fingerprint density at radius 3 is 2.15 bits per heavy atom. The van der Waals surface area contributed by atoms with Gasteiger partial charge in [-0.25, -0.2) is 0 Å². The second kappa shape index (κ2) is 7.20. The Bertz CT molecular complexity index is 803. The number of anilines is 1. The SMILES string of the molecule is COc1ccc(CNC(=O)C2(C(=O)Nc3c(C)cccc3C)CC2)cc1. The fourth-order valence-corrected chi connectivity index (χ4v) is 3.02. The molecule has 0 aromatic heterocycles. The first-order chi connectivity index (χ1) is 12.5. The molecule has 1 fully saturated rings. The van der Waals surface area contributed by atoms with E-state index in [0.29, 0.717) is 19.4 Å². The lowest BCUT2D eigenvalue weighted by molar-refractivity contribution is -0.134. The van der Waals surface area contributed by atoms with Gasteiger partial charge in [0, 0.05) is 12.2 Å². The van der Waals surface area contributed by atoms with Crippen LogP contribution < -0.4 is 15.4 Å². The van der Waals surface area contributed by atoms with Crippen molar-refractivity contribution in [2.24, 2.45) is 5.41 Å². The number of amides is 2. The van der Waals surface area contributed by atoms with Crippen molar-refractivity contribution < 1.29 is 14.3 Å². The highest BCUT2D eigenvalue weighted by Crippen LogP contribution is 2.47. The number of methoxy groups -OCH3 is 1. The van der Waals surface area contributed by atoms with Crippen LogP contribution in [0.25, 0.3) is 0 Å². The summed E-state index contributed by atoms with van der Waals surface area (Å²) in [6, 6.07) is 13.3. The molecular formula is C21H24N2O3. The summed E-state index contributed by atoms with van der Waals surface area (Å²) < 4.78 is 5.13. The molecule has 3 rings (SSSR count). The molecule has 0 radical (unpaired) electrons. The quantitative estimate of drug-likeness (QED) is 0.784. The molecular weight excluding hydrogens is 328 g/mol. The lowest BCUT2D eigenvalue weighted by Gasteiger charge is -2.18. The van der Waals surface area contributed by atoms with Gasteiger partial charge in [0.15, 0.2) is 0 Å². The van der Waals surface area contributed by atoms with E-state index in [1.54, 1.807) is 7.11 Å². The van der Waals surface area contributed by atoms with Crippen LogP contribution in [0.2, 0.25) is 0 Å². The van der Waals surface area contributed by atoms with E-state index < -0.39 is 5.41 Å². The molecule has 5 nitrogen and oxygen atoms in total. The van der Waals surface area contributed by atoms with E-state index in [1.165, 1.54) is 0 Å². The highest BCUT2D eigenvalue weighted by Gasteiger charge is 2.56. The topological polar surface area (TPSA) is 67.4 Å². The number of carbonyl (C=O) groups is 2. The number of hydrogen-bond acceptors (Lipinski definition) is 3. The van der Waals surface area contributed by atoms with Crippen LogP contribution in [-0.4, -0.2) is 18.9 Å². The highest BCUT2D eigenvalue weighted by atomic mass is 16.5. The third-order valence-electron chi connectivity index (χ3n) is 4.95. The molecule has 1 saturated carbocycles. The summed E-state index contributed by atoms with van der Waals surface area (Å²) >= 11 is 0. The highest BCUT2D eigenvalue weighted by molar-refractivity contribution is 6.13. The fourth-order valence-electron chi connectivity index (χ4n) is 3.02. The minimum absolute atomic E-state index is 0.211. The van der Waals surface area contributed by atoms with E-state index in [1.807, 2.05) is 56.3 Å².